The largest absolute Gasteiger partial charge is 0.497 e. The quantitative estimate of drug-likeness (QED) is 0.441. The summed E-state index contributed by atoms with van der Waals surface area (Å²) < 4.78 is 35.4. The van der Waals surface area contributed by atoms with Crippen molar-refractivity contribution in [2.75, 3.05) is 20.3 Å². The summed E-state index contributed by atoms with van der Waals surface area (Å²) in [5, 5.41) is 12.1. The highest BCUT2D eigenvalue weighted by Gasteiger charge is 2.52. The number of para-hydroxylation sites is 1. The van der Waals surface area contributed by atoms with E-state index in [-0.39, 0.29) is 24.6 Å². The zero-order valence-electron chi connectivity index (χ0n) is 21.3. The minimum Gasteiger partial charge on any atom is -0.497 e. The Labute approximate surface area is 219 Å². The van der Waals surface area contributed by atoms with Crippen LogP contribution in [-0.4, -0.2) is 73.7 Å². The molecule has 2 aliphatic rings. The molecule has 2 aromatic carbocycles. The minimum atomic E-state index is -1.19. The first-order valence-electron chi connectivity index (χ1n) is 12.3. The molecule has 0 spiro atoms. The number of amides is 1. The number of hydrogen-bond donors (Lipinski definition) is 2. The summed E-state index contributed by atoms with van der Waals surface area (Å²) in [7, 11) is 1.56. The number of ether oxygens (including phenoxy) is 6. The molecular weight excluding hydrogens is 498 g/mol. The van der Waals surface area contributed by atoms with Gasteiger partial charge in [-0.2, -0.15) is 0 Å². The van der Waals surface area contributed by atoms with Crippen molar-refractivity contribution in [3.63, 3.8) is 0 Å². The van der Waals surface area contributed by atoms with Crippen LogP contribution in [0.4, 0.5) is 0 Å². The Morgan fingerprint density at radius 1 is 1.08 bits per heavy atom. The summed E-state index contributed by atoms with van der Waals surface area (Å²) in [5.74, 6) is -0.797. The number of carboxylic acid groups (broad SMARTS) is 1. The van der Waals surface area contributed by atoms with E-state index >= 15 is 0 Å². The fourth-order valence-corrected chi connectivity index (χ4v) is 4.47. The normalized spacial score (nSPS) is 26.6. The highest BCUT2D eigenvalue weighted by molar-refractivity contribution is 5.98. The molecule has 11 heteroatoms. The number of carbonyl (C=O) groups is 3. The number of Topliss-reactive ketones (excluding diaryl/α,β-unsaturated/α-hetero) is 1. The Hall–Kier alpha value is -3.51. The average Bonchev–Trinajstić information content (AvgIpc) is 2.92. The smallest absolute Gasteiger partial charge is 0.329 e. The number of methoxy groups -OCH3 is 1. The zero-order chi connectivity index (χ0) is 27.2. The zero-order valence-corrected chi connectivity index (χ0v) is 21.3. The summed E-state index contributed by atoms with van der Waals surface area (Å²) in [5.41, 5.74) is 1.07. The lowest BCUT2D eigenvalue weighted by Crippen LogP contribution is -2.68. The van der Waals surface area contributed by atoms with Crippen LogP contribution in [0.3, 0.4) is 0 Å². The first-order chi connectivity index (χ1) is 18.3. The first kappa shape index (κ1) is 27.5. The van der Waals surface area contributed by atoms with Crippen molar-refractivity contribution < 1.29 is 47.9 Å². The molecule has 0 aromatic heterocycles. The molecule has 2 saturated heterocycles. The van der Waals surface area contributed by atoms with Gasteiger partial charge in [0.25, 0.3) is 0 Å². The summed E-state index contributed by atoms with van der Waals surface area (Å²) >= 11 is 0. The topological polar surface area (TPSA) is 139 Å². The van der Waals surface area contributed by atoms with E-state index in [1.54, 1.807) is 62.6 Å². The van der Waals surface area contributed by atoms with Crippen molar-refractivity contribution in [1.82, 2.24) is 5.32 Å². The molecule has 6 unspecified atom stereocenters. The summed E-state index contributed by atoms with van der Waals surface area (Å²) in [4.78, 5) is 36.1. The van der Waals surface area contributed by atoms with Gasteiger partial charge in [0.1, 0.15) is 42.5 Å². The van der Waals surface area contributed by atoms with Gasteiger partial charge in [0.2, 0.25) is 12.2 Å². The number of nitrogens with one attached hydrogen (secondary N) is 1. The Balaban J connectivity index is 1.64. The lowest BCUT2D eigenvalue weighted by atomic mass is 9.95. The lowest BCUT2D eigenvalue weighted by molar-refractivity contribution is -0.337. The molecule has 2 aliphatic heterocycles. The standard InChI is InChI=1S/C27H31NO10/c1-4-19(30)18-7-5-6-8-20(18)36-27-23(28-15(2)29)25(34-14-22(31)32)24-21(37-27)13-35-26(38-24)16-9-11-17(33-3)12-10-16/h5-12,21,23-27H,4,13-14H2,1-3H3,(H,28,29)(H,31,32). The van der Waals surface area contributed by atoms with E-state index in [4.69, 9.17) is 28.4 Å². The van der Waals surface area contributed by atoms with Crippen LogP contribution in [0.15, 0.2) is 48.5 Å². The molecule has 2 heterocycles. The van der Waals surface area contributed by atoms with Crippen molar-refractivity contribution in [1.29, 1.82) is 0 Å². The number of carboxylic acids is 1. The van der Waals surface area contributed by atoms with Gasteiger partial charge in [-0.25, -0.2) is 4.79 Å². The van der Waals surface area contributed by atoms with Crippen molar-refractivity contribution in [2.24, 2.45) is 0 Å². The maximum absolute atomic E-state index is 12.5. The fourth-order valence-electron chi connectivity index (χ4n) is 4.47. The van der Waals surface area contributed by atoms with Gasteiger partial charge in [-0.15, -0.1) is 0 Å². The predicted octanol–water partition coefficient (Wildman–Crippen LogP) is 2.48. The van der Waals surface area contributed by atoms with Crippen LogP contribution < -0.4 is 14.8 Å². The van der Waals surface area contributed by atoms with Gasteiger partial charge >= 0.3 is 5.97 Å². The minimum absolute atomic E-state index is 0.0798. The van der Waals surface area contributed by atoms with E-state index in [9.17, 15) is 19.5 Å². The number of carbonyl (C=O) groups excluding carboxylic acids is 2. The van der Waals surface area contributed by atoms with E-state index in [2.05, 4.69) is 5.32 Å². The third-order valence-electron chi connectivity index (χ3n) is 6.25. The van der Waals surface area contributed by atoms with Gasteiger partial charge in [-0.3, -0.25) is 9.59 Å². The van der Waals surface area contributed by atoms with Crippen LogP contribution in [0.5, 0.6) is 11.5 Å². The monoisotopic (exact) mass is 529 g/mol. The molecule has 2 fully saturated rings. The molecule has 2 N–H and O–H groups in total. The predicted molar refractivity (Wildman–Crippen MR) is 132 cm³/mol. The molecule has 38 heavy (non-hydrogen) atoms. The molecule has 6 atom stereocenters. The maximum atomic E-state index is 12.5. The van der Waals surface area contributed by atoms with Crippen molar-refractivity contribution in [3.8, 4) is 11.5 Å². The van der Waals surface area contributed by atoms with E-state index < -0.39 is 55.4 Å². The summed E-state index contributed by atoms with van der Waals surface area (Å²) in [6.07, 6.45) is -4.15. The van der Waals surface area contributed by atoms with Crippen LogP contribution in [-0.2, 0) is 28.5 Å². The first-order valence-corrected chi connectivity index (χ1v) is 12.3. The molecule has 11 nitrogen and oxygen atoms in total. The van der Waals surface area contributed by atoms with Gasteiger partial charge in [0, 0.05) is 18.9 Å². The van der Waals surface area contributed by atoms with E-state index in [1.807, 2.05) is 0 Å². The van der Waals surface area contributed by atoms with Gasteiger partial charge in [0.15, 0.2) is 12.1 Å². The number of aliphatic carboxylic acids is 1. The molecule has 1 amide bonds. The molecule has 4 rings (SSSR count). The molecular formula is C27H31NO10. The maximum Gasteiger partial charge on any atom is 0.329 e. The second-order valence-corrected chi connectivity index (χ2v) is 8.87. The second kappa shape index (κ2) is 12.4. The second-order valence-electron chi connectivity index (χ2n) is 8.87. The van der Waals surface area contributed by atoms with E-state index in [0.717, 1.165) is 0 Å². The van der Waals surface area contributed by atoms with Crippen molar-refractivity contribution >= 4 is 17.7 Å². The van der Waals surface area contributed by atoms with Gasteiger partial charge in [0.05, 0.1) is 19.3 Å². The van der Waals surface area contributed by atoms with Gasteiger partial charge < -0.3 is 38.8 Å². The number of fused-ring (bicyclic) bond motifs is 1. The number of ketones is 1. The average molecular weight is 530 g/mol. The molecule has 0 aliphatic carbocycles. The number of rotatable bonds is 10. The number of hydrogen-bond acceptors (Lipinski definition) is 9. The molecule has 0 radical (unpaired) electrons. The van der Waals surface area contributed by atoms with Crippen LogP contribution in [0.25, 0.3) is 0 Å². The van der Waals surface area contributed by atoms with Crippen LogP contribution in [0.2, 0.25) is 0 Å². The third-order valence-corrected chi connectivity index (χ3v) is 6.25. The van der Waals surface area contributed by atoms with Gasteiger partial charge in [-0.05, 0) is 24.3 Å². The lowest BCUT2D eigenvalue weighted by Gasteiger charge is -2.49. The van der Waals surface area contributed by atoms with E-state index in [1.165, 1.54) is 6.92 Å². The molecule has 204 valence electrons. The highest BCUT2D eigenvalue weighted by Crippen LogP contribution is 2.37. The Morgan fingerprint density at radius 3 is 2.47 bits per heavy atom. The Kier molecular flexibility index (Phi) is 8.95. The fraction of sp³-hybridized carbons (Fsp3) is 0.444. The highest BCUT2D eigenvalue weighted by atomic mass is 16.8. The summed E-state index contributed by atoms with van der Waals surface area (Å²) in [6, 6.07) is 12.9. The SMILES string of the molecule is CCC(=O)c1ccccc1OC1OC2COC(c3ccc(OC)cc3)OC2C(OCC(=O)O)C1NC(C)=O. The van der Waals surface area contributed by atoms with Crippen LogP contribution in [0, 0.1) is 0 Å². The van der Waals surface area contributed by atoms with Crippen LogP contribution in [0.1, 0.15) is 42.5 Å². The third kappa shape index (κ3) is 6.30. The Morgan fingerprint density at radius 2 is 1.82 bits per heavy atom. The van der Waals surface area contributed by atoms with E-state index in [0.29, 0.717) is 16.9 Å². The molecule has 0 bridgehead atoms. The van der Waals surface area contributed by atoms with Gasteiger partial charge in [-0.1, -0.05) is 31.2 Å². The molecule has 0 saturated carbocycles. The summed E-state index contributed by atoms with van der Waals surface area (Å²) in [6.45, 7) is 2.50. The van der Waals surface area contributed by atoms with Crippen molar-refractivity contribution in [3.05, 3.63) is 59.7 Å². The number of benzene rings is 2. The van der Waals surface area contributed by atoms with Crippen molar-refractivity contribution in [2.45, 2.75) is 57.2 Å². The van der Waals surface area contributed by atoms with Crippen LogP contribution >= 0.6 is 0 Å². The Bertz CT molecular complexity index is 1140. The molecule has 2 aromatic rings.